The molecule has 2 aromatic carbocycles. The van der Waals surface area contributed by atoms with E-state index >= 15 is 0 Å². The number of thioether (sulfide) groups is 1. The molecule has 2 aliphatic heterocycles. The fourth-order valence-corrected chi connectivity index (χ4v) is 6.49. The Morgan fingerprint density at radius 1 is 1.15 bits per heavy atom. The molecule has 33 heavy (non-hydrogen) atoms. The van der Waals surface area contributed by atoms with Crippen molar-refractivity contribution in [3.63, 3.8) is 0 Å². The van der Waals surface area contributed by atoms with E-state index in [1.54, 1.807) is 11.0 Å². The van der Waals surface area contributed by atoms with Crippen LogP contribution in [0.25, 0.3) is 0 Å². The van der Waals surface area contributed by atoms with E-state index in [0.29, 0.717) is 35.8 Å². The Bertz CT molecular complexity index is 1170. The van der Waals surface area contributed by atoms with Crippen molar-refractivity contribution in [2.45, 2.75) is 61.0 Å². The van der Waals surface area contributed by atoms with E-state index in [1.807, 2.05) is 32.0 Å². The molecule has 1 unspecified atom stereocenters. The minimum absolute atomic E-state index is 0.0600. The molecule has 2 N–H and O–H groups in total. The number of nitrogens with one attached hydrogen (secondary N) is 2. The van der Waals surface area contributed by atoms with Gasteiger partial charge in [0.15, 0.2) is 5.25 Å². The fourth-order valence-electron chi connectivity index (χ4n) is 4.24. The van der Waals surface area contributed by atoms with Crippen LogP contribution in [0.4, 0.5) is 11.4 Å². The second-order valence-electron chi connectivity index (χ2n) is 8.45. The van der Waals surface area contributed by atoms with Crippen molar-refractivity contribution >= 4 is 45.0 Å². The van der Waals surface area contributed by atoms with Crippen molar-refractivity contribution < 1.29 is 18.0 Å². The molecule has 2 aromatic rings. The van der Waals surface area contributed by atoms with Gasteiger partial charge in [-0.1, -0.05) is 38.0 Å². The third-order valence-electron chi connectivity index (χ3n) is 6.12. The second-order valence-corrected chi connectivity index (χ2v) is 11.3. The summed E-state index contributed by atoms with van der Waals surface area (Å²) in [6.45, 7) is 5.19. The third-order valence-corrected chi connectivity index (χ3v) is 8.73. The van der Waals surface area contributed by atoms with Crippen molar-refractivity contribution in [2.24, 2.45) is 0 Å². The van der Waals surface area contributed by atoms with E-state index in [4.69, 9.17) is 0 Å². The molecule has 0 radical (unpaired) electrons. The highest BCUT2D eigenvalue weighted by atomic mass is 32.2. The Kier molecular flexibility index (Phi) is 6.99. The highest BCUT2D eigenvalue weighted by Gasteiger charge is 2.36. The topological polar surface area (TPSA) is 95.6 Å². The first kappa shape index (κ1) is 23.6. The summed E-state index contributed by atoms with van der Waals surface area (Å²) in [4.78, 5) is 28.3. The van der Waals surface area contributed by atoms with Gasteiger partial charge < -0.3 is 10.2 Å². The lowest BCUT2D eigenvalue weighted by atomic mass is 10.1. The number of fused-ring (bicyclic) bond motifs is 1. The van der Waals surface area contributed by atoms with Crippen LogP contribution < -0.4 is 10.0 Å². The molecule has 176 valence electrons. The number of amides is 2. The van der Waals surface area contributed by atoms with Crippen molar-refractivity contribution in [2.75, 3.05) is 23.1 Å². The maximum atomic E-state index is 13.1. The first-order valence-corrected chi connectivity index (χ1v) is 13.7. The highest BCUT2D eigenvalue weighted by Crippen LogP contribution is 2.38. The molecule has 0 spiro atoms. The van der Waals surface area contributed by atoms with E-state index in [1.165, 1.54) is 23.9 Å². The smallest absolute Gasteiger partial charge is 0.261 e. The second kappa shape index (κ2) is 9.77. The fraction of sp³-hybridized carbons (Fsp3) is 0.417. The molecule has 0 aromatic heterocycles. The largest absolute Gasteiger partial charge is 0.341 e. The molecule has 2 amide bonds. The number of hydrogen-bond donors (Lipinski definition) is 2. The van der Waals surface area contributed by atoms with Crippen LogP contribution in [0, 0.1) is 6.92 Å². The number of hydrogen-bond acceptors (Lipinski definition) is 5. The van der Waals surface area contributed by atoms with Crippen LogP contribution in [-0.4, -0.2) is 43.5 Å². The summed E-state index contributed by atoms with van der Waals surface area (Å²) in [7, 11) is -3.86. The summed E-state index contributed by atoms with van der Waals surface area (Å²) in [6.07, 6.45) is 4.81. The van der Waals surface area contributed by atoms with Crippen LogP contribution >= 0.6 is 11.8 Å². The third kappa shape index (κ3) is 5.04. The Balaban J connectivity index is 1.56. The van der Waals surface area contributed by atoms with Gasteiger partial charge in [-0.05, 0) is 55.5 Å². The van der Waals surface area contributed by atoms with Gasteiger partial charge in [-0.2, -0.15) is 0 Å². The van der Waals surface area contributed by atoms with Gasteiger partial charge in [0.25, 0.3) is 10.0 Å². The van der Waals surface area contributed by atoms with Crippen LogP contribution in [0.1, 0.15) is 43.7 Å². The molecule has 4 rings (SSSR count). The van der Waals surface area contributed by atoms with E-state index in [-0.39, 0.29) is 10.8 Å². The lowest BCUT2D eigenvalue weighted by molar-refractivity contribution is -0.133. The molecule has 0 aliphatic carbocycles. The minimum atomic E-state index is -3.86. The van der Waals surface area contributed by atoms with Gasteiger partial charge in [-0.3, -0.25) is 14.3 Å². The maximum absolute atomic E-state index is 13.1. The Hall–Kier alpha value is -2.52. The van der Waals surface area contributed by atoms with Gasteiger partial charge >= 0.3 is 0 Å². The summed E-state index contributed by atoms with van der Waals surface area (Å²) in [6, 6.07) is 10.3. The zero-order valence-electron chi connectivity index (χ0n) is 18.9. The molecule has 7 nitrogen and oxygen atoms in total. The van der Waals surface area contributed by atoms with Gasteiger partial charge in [0.1, 0.15) is 0 Å². The van der Waals surface area contributed by atoms with Crippen molar-refractivity contribution in [3.05, 3.63) is 47.5 Å². The molecule has 0 saturated carbocycles. The van der Waals surface area contributed by atoms with E-state index < -0.39 is 21.2 Å². The molecule has 9 heteroatoms. The van der Waals surface area contributed by atoms with Gasteiger partial charge in [0, 0.05) is 18.0 Å². The normalized spacial score (nSPS) is 18.8. The summed E-state index contributed by atoms with van der Waals surface area (Å²) in [5.41, 5.74) is 2.75. The maximum Gasteiger partial charge on any atom is 0.261 e. The number of rotatable bonds is 5. The first-order valence-electron chi connectivity index (χ1n) is 11.3. The lowest BCUT2D eigenvalue weighted by Crippen LogP contribution is -2.45. The van der Waals surface area contributed by atoms with Gasteiger partial charge in [-0.25, -0.2) is 8.42 Å². The van der Waals surface area contributed by atoms with Crippen molar-refractivity contribution in [1.82, 2.24) is 4.90 Å². The SMILES string of the molecule is CCc1cccc(C)c1NS(=O)(=O)c1ccc2c(c1)NC(=O)C(C(=O)N1CCCCCC1)S2. The molecule has 1 saturated heterocycles. The molecule has 0 bridgehead atoms. The zero-order chi connectivity index (χ0) is 23.6. The molecule has 1 fully saturated rings. The quantitative estimate of drug-likeness (QED) is 0.617. The first-order chi connectivity index (χ1) is 15.8. The highest BCUT2D eigenvalue weighted by molar-refractivity contribution is 8.01. The van der Waals surface area contributed by atoms with E-state index in [9.17, 15) is 18.0 Å². The molecular formula is C24H29N3O4S2. The summed E-state index contributed by atoms with van der Waals surface area (Å²) >= 11 is 1.19. The summed E-state index contributed by atoms with van der Waals surface area (Å²) in [5, 5.41) is 1.90. The molecule has 1 atom stereocenters. The number of anilines is 2. The number of nitrogens with zero attached hydrogens (tertiary/aromatic N) is 1. The Morgan fingerprint density at radius 2 is 1.88 bits per heavy atom. The monoisotopic (exact) mass is 487 g/mol. The number of sulfonamides is 1. The van der Waals surface area contributed by atoms with Crippen LogP contribution in [0.15, 0.2) is 46.2 Å². The number of para-hydroxylation sites is 1. The minimum Gasteiger partial charge on any atom is -0.341 e. The molecule has 2 heterocycles. The van der Waals surface area contributed by atoms with E-state index in [2.05, 4.69) is 10.0 Å². The number of aryl methyl sites for hydroxylation is 2. The van der Waals surface area contributed by atoms with Crippen molar-refractivity contribution in [1.29, 1.82) is 0 Å². The predicted octanol–water partition coefficient (Wildman–Crippen LogP) is 4.17. The van der Waals surface area contributed by atoms with E-state index in [0.717, 1.165) is 36.8 Å². The lowest BCUT2D eigenvalue weighted by Gasteiger charge is -2.29. The van der Waals surface area contributed by atoms with Gasteiger partial charge in [-0.15, -0.1) is 11.8 Å². The average molecular weight is 488 g/mol. The average Bonchev–Trinajstić information content (AvgIpc) is 3.08. The van der Waals surface area contributed by atoms with Gasteiger partial charge in [0.05, 0.1) is 16.3 Å². The van der Waals surface area contributed by atoms with Crippen LogP contribution in [-0.2, 0) is 26.0 Å². The zero-order valence-corrected chi connectivity index (χ0v) is 20.5. The molecular weight excluding hydrogens is 458 g/mol. The Labute approximate surface area is 199 Å². The number of benzene rings is 2. The number of likely N-dealkylation sites (tertiary alicyclic amines) is 1. The van der Waals surface area contributed by atoms with Crippen LogP contribution in [0.3, 0.4) is 0 Å². The Morgan fingerprint density at radius 3 is 2.58 bits per heavy atom. The van der Waals surface area contributed by atoms with Crippen molar-refractivity contribution in [3.8, 4) is 0 Å². The summed E-state index contributed by atoms with van der Waals surface area (Å²) in [5.74, 6) is -0.577. The summed E-state index contributed by atoms with van der Waals surface area (Å²) < 4.78 is 28.9. The number of carbonyl (C=O) groups excluding carboxylic acids is 2. The standard InChI is InChI=1S/C24H29N3O4S2/c1-3-17-10-8-9-16(2)21(17)26-33(30,31)18-11-12-20-19(15-18)25-23(28)22(32-20)24(29)27-13-6-4-5-7-14-27/h8-12,15,22,26H,3-7,13-14H2,1-2H3,(H,25,28). The molecule has 2 aliphatic rings. The van der Waals surface area contributed by atoms with Crippen LogP contribution in [0.5, 0.6) is 0 Å². The number of carbonyl (C=O) groups is 2. The predicted molar refractivity (Wildman–Crippen MR) is 131 cm³/mol. The van der Waals surface area contributed by atoms with Crippen LogP contribution in [0.2, 0.25) is 0 Å². The van der Waals surface area contributed by atoms with Gasteiger partial charge in [0.2, 0.25) is 11.8 Å².